The van der Waals surface area contributed by atoms with Gasteiger partial charge in [0, 0.05) is 4.75 Å². The minimum atomic E-state index is -0.589. The highest BCUT2D eigenvalue weighted by molar-refractivity contribution is 8.01. The Labute approximate surface area is 153 Å². The molecule has 2 aliphatic rings. The van der Waals surface area contributed by atoms with Crippen LogP contribution >= 0.6 is 11.8 Å². The van der Waals surface area contributed by atoms with Crippen LogP contribution in [0.25, 0.3) is 0 Å². The van der Waals surface area contributed by atoms with Crippen LogP contribution in [0.5, 0.6) is 5.75 Å². The van der Waals surface area contributed by atoms with Crippen molar-refractivity contribution in [2.45, 2.75) is 36.1 Å². The van der Waals surface area contributed by atoms with E-state index in [2.05, 4.69) is 25.9 Å². The van der Waals surface area contributed by atoms with Crippen molar-refractivity contribution < 1.29 is 14.3 Å². The molecule has 0 saturated carbocycles. The summed E-state index contributed by atoms with van der Waals surface area (Å²) in [5, 5.41) is 16.8. The van der Waals surface area contributed by atoms with Crippen molar-refractivity contribution in [2.24, 2.45) is 0 Å². The van der Waals surface area contributed by atoms with Crippen LogP contribution in [0.2, 0.25) is 0 Å². The summed E-state index contributed by atoms with van der Waals surface area (Å²) < 4.78 is 4.93. The zero-order valence-electron chi connectivity index (χ0n) is 14.5. The number of aromatic amines is 1. The standard InChI is InChI=1S/C16H18N6O3S/c1-16(2)11(12-18-20-21-19-12)22-14(24)10(15(22)26-16)17-13(23)8-6-4-5-7-9(8)25-3/h4-7,10-11,15H,1-3H3,(H,17,23)(H,18,19,20,21)/t10?,11?,15-/m0/s1. The molecular formula is C16H18N6O3S. The normalized spacial score (nSPS) is 26.2. The molecular weight excluding hydrogens is 356 g/mol. The van der Waals surface area contributed by atoms with E-state index in [1.54, 1.807) is 40.9 Å². The molecule has 0 radical (unpaired) electrons. The number of H-pyrrole nitrogens is 1. The molecule has 9 nitrogen and oxygen atoms in total. The van der Waals surface area contributed by atoms with E-state index in [4.69, 9.17) is 4.74 Å². The van der Waals surface area contributed by atoms with Crippen molar-refractivity contribution in [2.75, 3.05) is 7.11 Å². The molecule has 3 atom stereocenters. The number of β-lactam (4-membered cyclic amide) rings is 1. The monoisotopic (exact) mass is 374 g/mol. The molecule has 1 aromatic heterocycles. The highest BCUT2D eigenvalue weighted by Gasteiger charge is 2.63. The van der Waals surface area contributed by atoms with E-state index in [1.807, 2.05) is 13.8 Å². The Morgan fingerprint density at radius 1 is 1.38 bits per heavy atom. The molecule has 0 bridgehead atoms. The third-order valence-electron chi connectivity index (χ3n) is 4.69. The lowest BCUT2D eigenvalue weighted by Crippen LogP contribution is -2.67. The molecule has 2 aliphatic heterocycles. The topological polar surface area (TPSA) is 113 Å². The number of methoxy groups -OCH3 is 1. The van der Waals surface area contributed by atoms with Crippen molar-refractivity contribution in [3.8, 4) is 5.75 Å². The fourth-order valence-electron chi connectivity index (χ4n) is 3.50. The molecule has 1 aromatic carbocycles. The van der Waals surface area contributed by atoms with Gasteiger partial charge in [0.2, 0.25) is 5.91 Å². The first-order valence-corrected chi connectivity index (χ1v) is 8.99. The minimum Gasteiger partial charge on any atom is -0.496 e. The number of benzene rings is 1. The van der Waals surface area contributed by atoms with Gasteiger partial charge in [0.1, 0.15) is 23.2 Å². The van der Waals surface area contributed by atoms with E-state index >= 15 is 0 Å². The average Bonchev–Trinajstić information content (AvgIpc) is 3.23. The van der Waals surface area contributed by atoms with Gasteiger partial charge in [-0.15, -0.1) is 22.0 Å². The van der Waals surface area contributed by atoms with E-state index < -0.39 is 6.04 Å². The molecule has 2 unspecified atom stereocenters. The van der Waals surface area contributed by atoms with Gasteiger partial charge in [-0.3, -0.25) is 9.59 Å². The molecule has 4 rings (SSSR count). The summed E-state index contributed by atoms with van der Waals surface area (Å²) in [5.74, 6) is 0.471. The fourth-order valence-corrected chi connectivity index (χ4v) is 5.13. The first kappa shape index (κ1) is 16.8. The Morgan fingerprint density at radius 2 is 2.15 bits per heavy atom. The van der Waals surface area contributed by atoms with Crippen LogP contribution in [0, 0.1) is 0 Å². The second-order valence-corrected chi connectivity index (χ2v) is 8.45. The predicted octanol–water partition coefficient (Wildman–Crippen LogP) is 0.742. The number of tetrazole rings is 1. The summed E-state index contributed by atoms with van der Waals surface area (Å²) in [6.45, 7) is 4.06. The second-order valence-electron chi connectivity index (χ2n) is 6.68. The third-order valence-corrected chi connectivity index (χ3v) is 6.26. The highest BCUT2D eigenvalue weighted by Crippen LogP contribution is 2.56. The average molecular weight is 374 g/mol. The molecule has 3 heterocycles. The number of hydrogen-bond donors (Lipinski definition) is 2. The van der Waals surface area contributed by atoms with Gasteiger partial charge >= 0.3 is 0 Å². The molecule has 2 N–H and O–H groups in total. The van der Waals surface area contributed by atoms with Gasteiger partial charge in [0.15, 0.2) is 5.82 Å². The molecule has 2 fully saturated rings. The van der Waals surface area contributed by atoms with Crippen LogP contribution in [0.4, 0.5) is 0 Å². The Hall–Kier alpha value is -2.62. The number of hydrogen-bond acceptors (Lipinski definition) is 7. The summed E-state index contributed by atoms with van der Waals surface area (Å²) in [7, 11) is 1.51. The van der Waals surface area contributed by atoms with Crippen LogP contribution in [0.3, 0.4) is 0 Å². The van der Waals surface area contributed by atoms with Crippen LogP contribution in [0.15, 0.2) is 24.3 Å². The summed E-state index contributed by atoms with van der Waals surface area (Å²) in [5.41, 5.74) is 0.401. The second kappa shape index (κ2) is 5.97. The molecule has 2 amide bonds. The Bertz CT molecular complexity index is 855. The highest BCUT2D eigenvalue weighted by atomic mass is 32.2. The van der Waals surface area contributed by atoms with Gasteiger partial charge < -0.3 is 15.0 Å². The number of para-hydroxylation sites is 1. The van der Waals surface area contributed by atoms with Crippen molar-refractivity contribution in [3.05, 3.63) is 35.7 Å². The van der Waals surface area contributed by atoms with E-state index in [-0.39, 0.29) is 28.0 Å². The van der Waals surface area contributed by atoms with E-state index in [1.165, 1.54) is 7.11 Å². The summed E-state index contributed by atoms with van der Waals surface area (Å²) in [4.78, 5) is 27.1. The molecule has 0 aliphatic carbocycles. The molecule has 2 saturated heterocycles. The molecule has 26 heavy (non-hydrogen) atoms. The summed E-state index contributed by atoms with van der Waals surface area (Å²) in [6.07, 6.45) is 0. The lowest BCUT2D eigenvalue weighted by Gasteiger charge is -2.44. The van der Waals surface area contributed by atoms with Crippen LogP contribution < -0.4 is 10.1 Å². The van der Waals surface area contributed by atoms with Crippen LogP contribution in [-0.2, 0) is 4.79 Å². The van der Waals surface area contributed by atoms with Crippen LogP contribution in [-0.4, -0.2) is 60.6 Å². The zero-order valence-corrected chi connectivity index (χ0v) is 15.3. The quantitative estimate of drug-likeness (QED) is 0.759. The Morgan fingerprint density at radius 3 is 2.85 bits per heavy atom. The van der Waals surface area contributed by atoms with Gasteiger partial charge in [-0.05, 0) is 26.0 Å². The lowest BCUT2D eigenvalue weighted by atomic mass is 9.95. The number of rotatable bonds is 4. The SMILES string of the molecule is COc1ccccc1C(=O)NC1C(=O)N2C(c3nn[nH]n3)C(C)(C)S[C@@H]12. The smallest absolute Gasteiger partial charge is 0.255 e. The van der Waals surface area contributed by atoms with E-state index in [0.717, 1.165) is 0 Å². The number of fused-ring (bicyclic) bond motifs is 1. The maximum Gasteiger partial charge on any atom is 0.255 e. The molecule has 136 valence electrons. The fraction of sp³-hybridized carbons (Fsp3) is 0.438. The number of aromatic nitrogens is 4. The van der Waals surface area contributed by atoms with Gasteiger partial charge in [0.25, 0.3) is 5.91 Å². The largest absolute Gasteiger partial charge is 0.496 e. The third kappa shape index (κ3) is 2.44. The number of carbonyl (C=O) groups excluding carboxylic acids is 2. The predicted molar refractivity (Wildman–Crippen MR) is 93.5 cm³/mol. The summed E-state index contributed by atoms with van der Waals surface area (Å²) >= 11 is 1.62. The number of thioether (sulfide) groups is 1. The number of nitrogens with one attached hydrogen (secondary N) is 2. The molecule has 2 aromatic rings. The maximum absolute atomic E-state index is 12.7. The Balaban J connectivity index is 1.55. The van der Waals surface area contributed by atoms with E-state index in [9.17, 15) is 9.59 Å². The maximum atomic E-state index is 12.7. The lowest BCUT2D eigenvalue weighted by molar-refractivity contribution is -0.148. The number of carbonyl (C=O) groups is 2. The van der Waals surface area contributed by atoms with Gasteiger partial charge in [-0.2, -0.15) is 5.21 Å². The minimum absolute atomic E-state index is 0.147. The number of nitrogens with zero attached hydrogens (tertiary/aromatic N) is 4. The number of ether oxygens (including phenoxy) is 1. The summed E-state index contributed by atoms with van der Waals surface area (Å²) in [6, 6.07) is 6.05. The van der Waals surface area contributed by atoms with E-state index in [0.29, 0.717) is 17.1 Å². The first-order valence-electron chi connectivity index (χ1n) is 8.11. The van der Waals surface area contributed by atoms with Crippen molar-refractivity contribution in [1.82, 2.24) is 30.8 Å². The van der Waals surface area contributed by atoms with Crippen LogP contribution in [0.1, 0.15) is 36.1 Å². The van der Waals surface area contributed by atoms with Gasteiger partial charge in [-0.1, -0.05) is 17.3 Å². The Kier molecular flexibility index (Phi) is 3.87. The van der Waals surface area contributed by atoms with Crippen molar-refractivity contribution in [1.29, 1.82) is 0 Å². The van der Waals surface area contributed by atoms with Crippen molar-refractivity contribution in [3.63, 3.8) is 0 Å². The number of amides is 2. The molecule has 0 spiro atoms. The van der Waals surface area contributed by atoms with Gasteiger partial charge in [-0.25, -0.2) is 0 Å². The van der Waals surface area contributed by atoms with Crippen molar-refractivity contribution >= 4 is 23.6 Å². The zero-order chi connectivity index (χ0) is 18.5. The molecule has 10 heteroatoms. The van der Waals surface area contributed by atoms with Gasteiger partial charge in [0.05, 0.1) is 12.7 Å². The first-order chi connectivity index (χ1) is 12.4.